The topological polar surface area (TPSA) is 137 Å². The highest BCUT2D eigenvalue weighted by molar-refractivity contribution is 5.88. The van der Waals surface area contributed by atoms with Gasteiger partial charge in [0, 0.05) is 0 Å². The van der Waals surface area contributed by atoms with E-state index in [4.69, 9.17) is 18.9 Å². The van der Waals surface area contributed by atoms with Crippen LogP contribution in [0.3, 0.4) is 0 Å². The van der Waals surface area contributed by atoms with Crippen LogP contribution in [0.15, 0.2) is 18.5 Å². The fraction of sp³-hybridized carbons (Fsp3) is 0.650. The van der Waals surface area contributed by atoms with Crippen molar-refractivity contribution in [3.05, 3.63) is 24.2 Å². The summed E-state index contributed by atoms with van der Waals surface area (Å²) in [5, 5.41) is 26.9. The van der Waals surface area contributed by atoms with Crippen LogP contribution in [-0.2, 0) is 18.9 Å². The van der Waals surface area contributed by atoms with Crippen LogP contribution in [0, 0.1) is 0 Å². The number of anilines is 1. The van der Waals surface area contributed by atoms with Gasteiger partial charge in [0.2, 0.25) is 0 Å². The summed E-state index contributed by atoms with van der Waals surface area (Å²) in [7, 11) is 0. The SMILES string of the molecule is CC(C)(C)OC(=O)Nc1ncnn2c([C@@H]3OC(CO)(CO)[C@H]4OC(C)(C)O[C@@H]34)ccc12. The summed E-state index contributed by atoms with van der Waals surface area (Å²) in [5.74, 6) is -0.636. The molecule has 0 aromatic carbocycles. The fourth-order valence-electron chi connectivity index (χ4n) is 4.00. The van der Waals surface area contributed by atoms with Gasteiger partial charge in [0.25, 0.3) is 0 Å². The van der Waals surface area contributed by atoms with Crippen molar-refractivity contribution in [3.63, 3.8) is 0 Å². The molecule has 0 unspecified atom stereocenters. The molecule has 2 aromatic heterocycles. The molecule has 0 aliphatic carbocycles. The van der Waals surface area contributed by atoms with Crippen LogP contribution in [0.5, 0.6) is 0 Å². The predicted molar refractivity (Wildman–Crippen MR) is 107 cm³/mol. The molecular weight excluding hydrogens is 408 g/mol. The van der Waals surface area contributed by atoms with Gasteiger partial charge in [-0.2, -0.15) is 5.10 Å². The Kier molecular flexibility index (Phi) is 5.22. The molecule has 2 aromatic rings. The van der Waals surface area contributed by atoms with Crippen LogP contribution in [0.25, 0.3) is 5.52 Å². The zero-order valence-corrected chi connectivity index (χ0v) is 18.2. The van der Waals surface area contributed by atoms with Crippen molar-refractivity contribution in [3.8, 4) is 0 Å². The fourth-order valence-corrected chi connectivity index (χ4v) is 4.00. The van der Waals surface area contributed by atoms with Crippen LogP contribution in [0.2, 0.25) is 0 Å². The van der Waals surface area contributed by atoms with Crippen molar-refractivity contribution in [1.82, 2.24) is 14.6 Å². The highest BCUT2D eigenvalue weighted by Gasteiger charge is 2.63. The molecule has 170 valence electrons. The van der Waals surface area contributed by atoms with Gasteiger partial charge in [0.1, 0.15) is 41.4 Å². The van der Waals surface area contributed by atoms with Crippen molar-refractivity contribution in [2.24, 2.45) is 0 Å². The number of hydrogen-bond donors (Lipinski definition) is 3. The first-order valence-electron chi connectivity index (χ1n) is 10.1. The zero-order chi connectivity index (χ0) is 22.6. The maximum atomic E-state index is 12.2. The number of carbonyl (C=O) groups is 1. The maximum Gasteiger partial charge on any atom is 0.413 e. The Morgan fingerprint density at radius 3 is 2.58 bits per heavy atom. The summed E-state index contributed by atoms with van der Waals surface area (Å²) < 4.78 is 25.0. The Morgan fingerprint density at radius 2 is 1.94 bits per heavy atom. The first kappa shape index (κ1) is 21.9. The van der Waals surface area contributed by atoms with Crippen LogP contribution >= 0.6 is 0 Å². The average molecular weight is 436 g/mol. The molecule has 2 fully saturated rings. The molecule has 1 amide bonds. The number of hydrogen-bond acceptors (Lipinski definition) is 9. The summed E-state index contributed by atoms with van der Waals surface area (Å²) in [5.41, 5.74) is -0.854. The molecular formula is C20H28N4O7. The number of aliphatic hydroxyl groups excluding tert-OH is 2. The van der Waals surface area contributed by atoms with Gasteiger partial charge in [-0.1, -0.05) is 0 Å². The van der Waals surface area contributed by atoms with E-state index in [0.29, 0.717) is 11.2 Å². The molecule has 4 heterocycles. The molecule has 0 bridgehead atoms. The Labute approximate surface area is 179 Å². The molecule has 2 aliphatic heterocycles. The zero-order valence-electron chi connectivity index (χ0n) is 18.2. The smallest absolute Gasteiger partial charge is 0.413 e. The van der Waals surface area contributed by atoms with E-state index in [1.54, 1.807) is 51.3 Å². The summed E-state index contributed by atoms with van der Waals surface area (Å²) in [6, 6.07) is 3.50. The number of aromatic nitrogens is 3. The van der Waals surface area contributed by atoms with E-state index in [9.17, 15) is 15.0 Å². The van der Waals surface area contributed by atoms with E-state index in [-0.39, 0.29) is 5.82 Å². The Balaban J connectivity index is 1.68. The van der Waals surface area contributed by atoms with Crippen molar-refractivity contribution >= 4 is 17.4 Å². The molecule has 0 saturated carbocycles. The number of fused-ring (bicyclic) bond motifs is 2. The number of nitrogens with zero attached hydrogens (tertiary/aromatic N) is 3. The number of nitrogens with one attached hydrogen (secondary N) is 1. The van der Waals surface area contributed by atoms with E-state index in [0.717, 1.165) is 0 Å². The minimum Gasteiger partial charge on any atom is -0.444 e. The third kappa shape index (κ3) is 3.87. The molecule has 11 nitrogen and oxygen atoms in total. The summed E-state index contributed by atoms with van der Waals surface area (Å²) in [4.78, 5) is 16.3. The third-order valence-corrected chi connectivity index (χ3v) is 5.24. The molecule has 2 aliphatic rings. The number of amides is 1. The van der Waals surface area contributed by atoms with E-state index in [2.05, 4.69) is 15.4 Å². The Hall–Kier alpha value is -2.31. The molecule has 31 heavy (non-hydrogen) atoms. The lowest BCUT2D eigenvalue weighted by Crippen LogP contribution is -2.49. The van der Waals surface area contributed by atoms with Crippen LogP contribution in [0.1, 0.15) is 46.4 Å². The normalized spacial score (nSPS) is 26.7. The molecule has 0 radical (unpaired) electrons. The number of carbonyl (C=O) groups excluding carboxylic acids is 1. The molecule has 3 N–H and O–H groups in total. The number of aliphatic hydroxyl groups is 2. The van der Waals surface area contributed by atoms with Crippen LogP contribution < -0.4 is 5.32 Å². The van der Waals surface area contributed by atoms with Gasteiger partial charge in [-0.15, -0.1) is 0 Å². The van der Waals surface area contributed by atoms with Crippen molar-refractivity contribution in [1.29, 1.82) is 0 Å². The number of ether oxygens (including phenoxy) is 4. The van der Waals surface area contributed by atoms with Crippen molar-refractivity contribution < 1.29 is 34.0 Å². The second kappa shape index (κ2) is 7.38. The second-order valence-electron chi connectivity index (χ2n) is 9.23. The van der Waals surface area contributed by atoms with Crippen molar-refractivity contribution in [2.45, 2.75) is 69.9 Å². The standard InChI is InChI=1S/C20H28N4O7/c1-18(2,3)31-17(27)23-16-12-7-6-11(24(12)22-10-21-16)13-14-15(30-19(4,5)28-14)20(8-25,9-26)29-13/h6-7,10,13-15,25-26H,8-9H2,1-5H3,(H,21,22,23,27)/t13-,14-,15-/m0/s1. The van der Waals surface area contributed by atoms with Crippen LogP contribution in [0.4, 0.5) is 10.6 Å². The van der Waals surface area contributed by atoms with Crippen molar-refractivity contribution in [2.75, 3.05) is 18.5 Å². The van der Waals surface area contributed by atoms with E-state index in [1.807, 2.05) is 0 Å². The summed E-state index contributed by atoms with van der Waals surface area (Å²) in [6.45, 7) is 7.96. The highest BCUT2D eigenvalue weighted by atomic mass is 16.8. The van der Waals surface area contributed by atoms with Gasteiger partial charge < -0.3 is 29.2 Å². The largest absolute Gasteiger partial charge is 0.444 e. The third-order valence-electron chi connectivity index (χ3n) is 5.24. The molecule has 4 rings (SSSR count). The second-order valence-corrected chi connectivity index (χ2v) is 9.23. The van der Waals surface area contributed by atoms with Crippen LogP contribution in [-0.4, -0.2) is 73.3 Å². The van der Waals surface area contributed by atoms with Gasteiger partial charge in [-0.05, 0) is 46.8 Å². The lowest BCUT2D eigenvalue weighted by Gasteiger charge is -2.31. The summed E-state index contributed by atoms with van der Waals surface area (Å²) >= 11 is 0. The van der Waals surface area contributed by atoms with Gasteiger partial charge in [0.15, 0.2) is 11.6 Å². The monoisotopic (exact) mass is 436 g/mol. The van der Waals surface area contributed by atoms with Gasteiger partial charge in [0.05, 0.1) is 18.9 Å². The van der Waals surface area contributed by atoms with E-state index >= 15 is 0 Å². The van der Waals surface area contributed by atoms with Gasteiger partial charge in [-0.3, -0.25) is 5.32 Å². The highest BCUT2D eigenvalue weighted by Crippen LogP contribution is 2.49. The Bertz CT molecular complexity index is 980. The quantitative estimate of drug-likeness (QED) is 0.649. The lowest BCUT2D eigenvalue weighted by atomic mass is 9.95. The minimum atomic E-state index is -1.32. The van der Waals surface area contributed by atoms with Gasteiger partial charge >= 0.3 is 6.09 Å². The predicted octanol–water partition coefficient (Wildman–Crippen LogP) is 1.39. The molecule has 11 heteroatoms. The van der Waals surface area contributed by atoms with E-state index in [1.165, 1.54) is 6.33 Å². The maximum absolute atomic E-state index is 12.2. The molecule has 3 atom stereocenters. The first-order chi connectivity index (χ1) is 14.5. The first-order valence-corrected chi connectivity index (χ1v) is 10.1. The number of rotatable bonds is 4. The Morgan fingerprint density at radius 1 is 1.23 bits per heavy atom. The molecule has 2 saturated heterocycles. The van der Waals surface area contributed by atoms with E-state index < -0.39 is 54.6 Å². The summed E-state index contributed by atoms with van der Waals surface area (Å²) in [6.07, 6.45) is -1.27. The molecule has 0 spiro atoms. The minimum absolute atomic E-state index is 0.268. The lowest BCUT2D eigenvalue weighted by molar-refractivity contribution is -0.224. The average Bonchev–Trinajstić information content (AvgIpc) is 3.30. The van der Waals surface area contributed by atoms with Gasteiger partial charge in [-0.25, -0.2) is 14.3 Å².